The van der Waals surface area contributed by atoms with Gasteiger partial charge >= 0.3 is 6.18 Å². The lowest BCUT2D eigenvalue weighted by molar-refractivity contribution is -0.137. The van der Waals surface area contributed by atoms with Crippen molar-refractivity contribution in [2.24, 2.45) is 5.73 Å². The molecule has 0 aliphatic heterocycles. The Morgan fingerprint density at radius 3 is 2.32 bits per heavy atom. The van der Waals surface area contributed by atoms with Crippen LogP contribution >= 0.6 is 0 Å². The molecule has 4 nitrogen and oxygen atoms in total. The van der Waals surface area contributed by atoms with E-state index in [9.17, 15) is 22.8 Å². The van der Waals surface area contributed by atoms with E-state index in [2.05, 4.69) is 5.32 Å². The van der Waals surface area contributed by atoms with Gasteiger partial charge < -0.3 is 11.1 Å². The molecule has 132 valence electrons. The number of benzene rings is 2. The Labute approximate surface area is 142 Å². The van der Waals surface area contributed by atoms with E-state index in [0.717, 1.165) is 23.8 Å². The molecule has 0 aliphatic carbocycles. The van der Waals surface area contributed by atoms with Crippen molar-refractivity contribution in [1.29, 1.82) is 0 Å². The molecule has 0 spiro atoms. The van der Waals surface area contributed by atoms with Crippen LogP contribution in [0.5, 0.6) is 0 Å². The first-order valence-electron chi connectivity index (χ1n) is 7.59. The molecular weight excluding hydrogens is 333 g/mol. The zero-order valence-corrected chi connectivity index (χ0v) is 13.2. The van der Waals surface area contributed by atoms with Crippen LogP contribution in [0.2, 0.25) is 0 Å². The molecule has 2 amide bonds. The van der Waals surface area contributed by atoms with Gasteiger partial charge in [0, 0.05) is 5.56 Å². The van der Waals surface area contributed by atoms with Crippen LogP contribution in [0.4, 0.5) is 13.2 Å². The Hall–Kier alpha value is -2.83. The molecule has 0 aromatic heterocycles. The second-order valence-electron chi connectivity index (χ2n) is 5.53. The van der Waals surface area contributed by atoms with Gasteiger partial charge in [-0.3, -0.25) is 9.59 Å². The molecule has 2 aromatic carbocycles. The Kier molecular flexibility index (Phi) is 5.80. The third kappa shape index (κ3) is 5.34. The molecule has 0 fully saturated rings. The third-order valence-electron chi connectivity index (χ3n) is 3.67. The minimum absolute atomic E-state index is 0.180. The highest BCUT2D eigenvalue weighted by atomic mass is 19.4. The summed E-state index contributed by atoms with van der Waals surface area (Å²) in [5, 5.41) is 2.40. The van der Waals surface area contributed by atoms with Gasteiger partial charge in [0.05, 0.1) is 5.56 Å². The SMILES string of the molecule is NC(=O)[C@H](CCc1ccccc1)NC(=O)c1cccc(C(F)(F)F)c1. The summed E-state index contributed by atoms with van der Waals surface area (Å²) in [5.41, 5.74) is 5.14. The van der Waals surface area contributed by atoms with E-state index < -0.39 is 29.6 Å². The van der Waals surface area contributed by atoms with E-state index in [1.165, 1.54) is 6.07 Å². The smallest absolute Gasteiger partial charge is 0.368 e. The number of nitrogens with two attached hydrogens (primary N) is 1. The fraction of sp³-hybridized carbons (Fsp3) is 0.222. The maximum Gasteiger partial charge on any atom is 0.416 e. The Balaban J connectivity index is 2.06. The van der Waals surface area contributed by atoms with Gasteiger partial charge in [-0.25, -0.2) is 0 Å². The van der Waals surface area contributed by atoms with Gasteiger partial charge in [-0.15, -0.1) is 0 Å². The van der Waals surface area contributed by atoms with Gasteiger partial charge in [-0.2, -0.15) is 13.2 Å². The summed E-state index contributed by atoms with van der Waals surface area (Å²) in [7, 11) is 0. The normalized spacial score (nSPS) is 12.4. The number of nitrogens with one attached hydrogen (secondary N) is 1. The highest BCUT2D eigenvalue weighted by molar-refractivity contribution is 5.97. The number of carbonyl (C=O) groups is 2. The fourth-order valence-corrected chi connectivity index (χ4v) is 2.32. The van der Waals surface area contributed by atoms with Gasteiger partial charge in [0.15, 0.2) is 0 Å². The highest BCUT2D eigenvalue weighted by Gasteiger charge is 2.31. The van der Waals surface area contributed by atoms with E-state index in [1.807, 2.05) is 30.3 Å². The molecule has 0 bridgehead atoms. The van der Waals surface area contributed by atoms with Gasteiger partial charge in [0.1, 0.15) is 6.04 Å². The summed E-state index contributed by atoms with van der Waals surface area (Å²) in [6.45, 7) is 0. The summed E-state index contributed by atoms with van der Waals surface area (Å²) in [6, 6.07) is 12.3. The summed E-state index contributed by atoms with van der Waals surface area (Å²) < 4.78 is 38.2. The van der Waals surface area contributed by atoms with Crippen molar-refractivity contribution in [3.63, 3.8) is 0 Å². The number of aryl methyl sites for hydroxylation is 1. The first kappa shape index (κ1) is 18.5. The molecule has 0 aliphatic rings. The van der Waals surface area contributed by atoms with Crippen molar-refractivity contribution < 1.29 is 22.8 Å². The number of hydrogen-bond donors (Lipinski definition) is 2. The second kappa shape index (κ2) is 7.83. The minimum atomic E-state index is -4.55. The van der Waals surface area contributed by atoms with E-state index in [4.69, 9.17) is 5.73 Å². The standard InChI is InChI=1S/C18H17F3N2O2/c19-18(20,21)14-8-4-7-13(11-14)17(25)23-15(16(22)24)10-9-12-5-2-1-3-6-12/h1-8,11,15H,9-10H2,(H2,22,24)(H,23,25)/t15-/m0/s1. The van der Waals surface area contributed by atoms with Crippen molar-refractivity contribution in [2.75, 3.05) is 0 Å². The molecular formula is C18H17F3N2O2. The van der Waals surface area contributed by atoms with Crippen molar-refractivity contribution in [2.45, 2.75) is 25.1 Å². The van der Waals surface area contributed by atoms with E-state index in [0.29, 0.717) is 6.42 Å². The van der Waals surface area contributed by atoms with E-state index in [1.54, 1.807) is 0 Å². The number of rotatable bonds is 6. The fourth-order valence-electron chi connectivity index (χ4n) is 2.32. The lowest BCUT2D eigenvalue weighted by atomic mass is 10.0. The zero-order chi connectivity index (χ0) is 18.4. The van der Waals surface area contributed by atoms with Crippen LogP contribution in [-0.4, -0.2) is 17.9 Å². The van der Waals surface area contributed by atoms with Crippen LogP contribution < -0.4 is 11.1 Å². The number of alkyl halides is 3. The van der Waals surface area contributed by atoms with Crippen LogP contribution in [0, 0.1) is 0 Å². The quantitative estimate of drug-likeness (QED) is 0.841. The molecule has 0 saturated heterocycles. The average Bonchev–Trinajstić information content (AvgIpc) is 2.58. The number of primary amides is 1. The summed E-state index contributed by atoms with van der Waals surface area (Å²) >= 11 is 0. The molecule has 0 unspecified atom stereocenters. The molecule has 0 radical (unpaired) electrons. The molecule has 2 aromatic rings. The molecule has 0 saturated carbocycles. The predicted octanol–water partition coefficient (Wildman–Crippen LogP) is 2.92. The van der Waals surface area contributed by atoms with Gasteiger partial charge in [-0.1, -0.05) is 36.4 Å². The van der Waals surface area contributed by atoms with Gasteiger partial charge in [-0.05, 0) is 36.6 Å². The summed E-state index contributed by atoms with van der Waals surface area (Å²) in [4.78, 5) is 23.7. The van der Waals surface area contributed by atoms with Gasteiger partial charge in [0.2, 0.25) is 5.91 Å². The van der Waals surface area contributed by atoms with Crippen LogP contribution in [0.3, 0.4) is 0 Å². The van der Waals surface area contributed by atoms with Crippen LogP contribution in [0.15, 0.2) is 54.6 Å². The molecule has 3 N–H and O–H groups in total. The first-order valence-corrected chi connectivity index (χ1v) is 7.59. The zero-order valence-electron chi connectivity index (χ0n) is 13.2. The summed E-state index contributed by atoms with van der Waals surface area (Å²) in [6.07, 6.45) is -3.80. The van der Waals surface area contributed by atoms with Crippen LogP contribution in [0.1, 0.15) is 27.9 Å². The van der Waals surface area contributed by atoms with E-state index >= 15 is 0 Å². The van der Waals surface area contributed by atoms with Crippen LogP contribution in [0.25, 0.3) is 0 Å². The molecule has 1 atom stereocenters. The largest absolute Gasteiger partial charge is 0.416 e. The third-order valence-corrected chi connectivity index (χ3v) is 3.67. The lowest BCUT2D eigenvalue weighted by Gasteiger charge is -2.16. The topological polar surface area (TPSA) is 72.2 Å². The molecule has 2 rings (SSSR count). The second-order valence-corrected chi connectivity index (χ2v) is 5.53. The predicted molar refractivity (Wildman–Crippen MR) is 86.7 cm³/mol. The molecule has 25 heavy (non-hydrogen) atoms. The monoisotopic (exact) mass is 350 g/mol. The number of carbonyl (C=O) groups excluding carboxylic acids is 2. The molecule has 7 heteroatoms. The number of halogens is 3. The van der Waals surface area contributed by atoms with Crippen molar-refractivity contribution in [1.82, 2.24) is 5.32 Å². The van der Waals surface area contributed by atoms with Gasteiger partial charge in [0.25, 0.3) is 5.91 Å². The summed E-state index contributed by atoms with van der Waals surface area (Å²) in [5.74, 6) is -1.51. The van der Waals surface area contributed by atoms with Crippen molar-refractivity contribution in [3.05, 3.63) is 71.3 Å². The maximum absolute atomic E-state index is 12.7. The van der Waals surface area contributed by atoms with Crippen molar-refractivity contribution >= 4 is 11.8 Å². The maximum atomic E-state index is 12.7. The van der Waals surface area contributed by atoms with E-state index in [-0.39, 0.29) is 12.0 Å². The molecule has 0 heterocycles. The first-order chi connectivity index (χ1) is 11.8. The lowest BCUT2D eigenvalue weighted by Crippen LogP contribution is -2.44. The average molecular weight is 350 g/mol. The number of hydrogen-bond acceptors (Lipinski definition) is 2. The minimum Gasteiger partial charge on any atom is -0.368 e. The van der Waals surface area contributed by atoms with Crippen molar-refractivity contribution in [3.8, 4) is 0 Å². The Bertz CT molecular complexity index is 745. The Morgan fingerprint density at radius 2 is 1.72 bits per heavy atom. The van der Waals surface area contributed by atoms with Crippen LogP contribution in [-0.2, 0) is 17.4 Å². The Morgan fingerprint density at radius 1 is 1.04 bits per heavy atom. The highest BCUT2D eigenvalue weighted by Crippen LogP contribution is 2.29. The number of amides is 2.